The summed E-state index contributed by atoms with van der Waals surface area (Å²) in [6.45, 7) is 0. The number of hydrogen-bond acceptors (Lipinski definition) is 3. The molecule has 0 unspecified atom stereocenters. The minimum absolute atomic E-state index is 0.199. The second kappa shape index (κ2) is 5.49. The highest BCUT2D eigenvalue weighted by atomic mass is 16.4. The van der Waals surface area contributed by atoms with Crippen LogP contribution in [-0.4, -0.2) is 16.1 Å². The minimum Gasteiger partial charge on any atom is -0.481 e. The Morgan fingerprint density at radius 1 is 1.15 bits per heavy atom. The second-order valence-corrected chi connectivity index (χ2v) is 5.32. The first-order chi connectivity index (χ1) is 9.74. The van der Waals surface area contributed by atoms with Crippen molar-refractivity contribution in [3.63, 3.8) is 0 Å². The molecule has 0 saturated heterocycles. The van der Waals surface area contributed by atoms with Crippen molar-refractivity contribution in [2.75, 3.05) is 0 Å². The van der Waals surface area contributed by atoms with Gasteiger partial charge in [0, 0.05) is 11.5 Å². The topological polar surface area (TPSA) is 63.3 Å². The molecular weight excluding hydrogens is 254 g/mol. The highest BCUT2D eigenvalue weighted by Crippen LogP contribution is 2.36. The number of aliphatic carboxylic acids is 1. The fraction of sp³-hybridized carbons (Fsp3) is 0.375. The number of rotatable bonds is 3. The van der Waals surface area contributed by atoms with E-state index in [0.29, 0.717) is 12.8 Å². The Bertz CT molecular complexity index is 583. The number of oxazole rings is 1. The summed E-state index contributed by atoms with van der Waals surface area (Å²) < 4.78 is 5.85. The van der Waals surface area contributed by atoms with Crippen LogP contribution in [0, 0.1) is 5.92 Å². The first-order valence-electron chi connectivity index (χ1n) is 6.98. The van der Waals surface area contributed by atoms with Crippen molar-refractivity contribution in [3.8, 4) is 11.3 Å². The molecule has 1 aromatic heterocycles. The van der Waals surface area contributed by atoms with E-state index in [1.807, 2.05) is 30.3 Å². The summed E-state index contributed by atoms with van der Waals surface area (Å²) in [6, 6.07) is 9.89. The predicted octanol–water partition coefficient (Wildman–Crippen LogP) is 3.70. The second-order valence-electron chi connectivity index (χ2n) is 5.32. The molecule has 1 fully saturated rings. The number of hydrogen-bond donors (Lipinski definition) is 1. The van der Waals surface area contributed by atoms with Crippen LogP contribution in [0.3, 0.4) is 0 Å². The van der Waals surface area contributed by atoms with E-state index in [9.17, 15) is 4.79 Å². The number of aromatic nitrogens is 1. The van der Waals surface area contributed by atoms with Crippen LogP contribution in [0.1, 0.15) is 37.5 Å². The Balaban J connectivity index is 1.71. The Morgan fingerprint density at radius 2 is 1.85 bits per heavy atom. The van der Waals surface area contributed by atoms with Crippen molar-refractivity contribution < 1.29 is 14.3 Å². The van der Waals surface area contributed by atoms with Crippen molar-refractivity contribution in [2.45, 2.75) is 31.6 Å². The van der Waals surface area contributed by atoms with E-state index < -0.39 is 5.97 Å². The molecule has 1 N–H and O–H groups in total. The summed E-state index contributed by atoms with van der Waals surface area (Å²) in [5, 5.41) is 9.01. The average molecular weight is 271 g/mol. The monoisotopic (exact) mass is 271 g/mol. The van der Waals surface area contributed by atoms with Gasteiger partial charge in [0.15, 0.2) is 11.7 Å². The van der Waals surface area contributed by atoms with Gasteiger partial charge in [-0.2, -0.15) is 0 Å². The lowest BCUT2D eigenvalue weighted by Gasteiger charge is -2.23. The maximum atomic E-state index is 10.9. The van der Waals surface area contributed by atoms with Crippen LogP contribution in [0.15, 0.2) is 40.9 Å². The van der Waals surface area contributed by atoms with Crippen molar-refractivity contribution in [1.82, 2.24) is 4.98 Å². The lowest BCUT2D eigenvalue weighted by Crippen LogP contribution is -2.20. The van der Waals surface area contributed by atoms with Crippen molar-refractivity contribution in [3.05, 3.63) is 42.4 Å². The van der Waals surface area contributed by atoms with Crippen LogP contribution in [-0.2, 0) is 4.79 Å². The predicted molar refractivity (Wildman–Crippen MR) is 74.3 cm³/mol. The van der Waals surface area contributed by atoms with E-state index >= 15 is 0 Å². The largest absolute Gasteiger partial charge is 0.481 e. The fourth-order valence-electron chi connectivity index (χ4n) is 2.80. The van der Waals surface area contributed by atoms with Crippen LogP contribution in [0.2, 0.25) is 0 Å². The molecule has 104 valence electrons. The first-order valence-corrected chi connectivity index (χ1v) is 6.98. The average Bonchev–Trinajstić information content (AvgIpc) is 2.98. The molecule has 1 aliphatic rings. The number of benzene rings is 1. The molecule has 1 aliphatic carbocycles. The molecule has 0 aliphatic heterocycles. The third kappa shape index (κ3) is 2.59. The van der Waals surface area contributed by atoms with E-state index in [-0.39, 0.29) is 11.8 Å². The van der Waals surface area contributed by atoms with E-state index in [4.69, 9.17) is 9.52 Å². The third-order valence-electron chi connectivity index (χ3n) is 4.01. The van der Waals surface area contributed by atoms with E-state index in [0.717, 1.165) is 30.1 Å². The van der Waals surface area contributed by atoms with Crippen molar-refractivity contribution >= 4 is 5.97 Å². The molecule has 0 atom stereocenters. The van der Waals surface area contributed by atoms with Crippen LogP contribution in [0.5, 0.6) is 0 Å². The lowest BCUT2D eigenvalue weighted by atomic mass is 9.82. The maximum absolute atomic E-state index is 10.9. The van der Waals surface area contributed by atoms with Crippen molar-refractivity contribution in [2.24, 2.45) is 5.92 Å². The summed E-state index contributed by atoms with van der Waals surface area (Å²) >= 11 is 0. The van der Waals surface area contributed by atoms with Gasteiger partial charge in [-0.25, -0.2) is 4.98 Å². The summed E-state index contributed by atoms with van der Waals surface area (Å²) in [4.78, 5) is 15.3. The first kappa shape index (κ1) is 12.9. The molecule has 0 bridgehead atoms. The summed E-state index contributed by atoms with van der Waals surface area (Å²) in [7, 11) is 0. The third-order valence-corrected chi connectivity index (χ3v) is 4.01. The molecule has 0 radical (unpaired) electrons. The van der Waals surface area contributed by atoms with E-state index in [1.165, 1.54) is 0 Å². The zero-order chi connectivity index (χ0) is 13.9. The Hall–Kier alpha value is -2.10. The number of carboxylic acid groups (broad SMARTS) is 1. The highest BCUT2D eigenvalue weighted by Gasteiger charge is 2.29. The standard InChI is InChI=1S/C16H17NO3/c18-16(19)13-8-6-12(7-9-13)15-17-10-14(20-15)11-4-2-1-3-5-11/h1-5,10,12-13H,6-9H2,(H,18,19)/t12-,13-. The van der Waals surface area contributed by atoms with Gasteiger partial charge in [0.1, 0.15) is 0 Å². The Morgan fingerprint density at radius 3 is 2.50 bits per heavy atom. The number of carbonyl (C=O) groups is 1. The van der Waals surface area contributed by atoms with Gasteiger partial charge in [0.25, 0.3) is 0 Å². The number of carboxylic acids is 1. The maximum Gasteiger partial charge on any atom is 0.306 e. The van der Waals surface area contributed by atoms with Crippen LogP contribution >= 0.6 is 0 Å². The summed E-state index contributed by atoms with van der Waals surface area (Å²) in [5.74, 6) is 0.896. The molecule has 3 rings (SSSR count). The molecule has 20 heavy (non-hydrogen) atoms. The molecule has 4 nitrogen and oxygen atoms in total. The SMILES string of the molecule is O=C(O)[C@H]1CC[C@H](c2ncc(-c3ccccc3)o2)CC1. The molecule has 0 amide bonds. The minimum atomic E-state index is -0.680. The quantitative estimate of drug-likeness (QED) is 0.924. The van der Waals surface area contributed by atoms with Gasteiger partial charge in [-0.05, 0) is 25.7 Å². The van der Waals surface area contributed by atoms with Gasteiger partial charge < -0.3 is 9.52 Å². The van der Waals surface area contributed by atoms with Gasteiger partial charge in [-0.15, -0.1) is 0 Å². The molecule has 1 aromatic carbocycles. The van der Waals surface area contributed by atoms with Crippen LogP contribution < -0.4 is 0 Å². The normalized spacial score (nSPS) is 22.6. The Labute approximate surface area is 117 Å². The molecule has 1 saturated carbocycles. The smallest absolute Gasteiger partial charge is 0.306 e. The number of nitrogens with zero attached hydrogens (tertiary/aromatic N) is 1. The summed E-state index contributed by atoms with van der Waals surface area (Å²) in [5.41, 5.74) is 1.02. The van der Waals surface area contributed by atoms with Gasteiger partial charge in [-0.3, -0.25) is 4.79 Å². The van der Waals surface area contributed by atoms with E-state index in [1.54, 1.807) is 6.20 Å². The van der Waals surface area contributed by atoms with E-state index in [2.05, 4.69) is 4.98 Å². The van der Waals surface area contributed by atoms with Gasteiger partial charge >= 0.3 is 5.97 Å². The molecule has 2 aromatic rings. The summed E-state index contributed by atoms with van der Waals surface area (Å²) in [6.07, 6.45) is 4.86. The van der Waals surface area contributed by atoms with Crippen LogP contribution in [0.4, 0.5) is 0 Å². The highest BCUT2D eigenvalue weighted by molar-refractivity contribution is 5.70. The zero-order valence-electron chi connectivity index (χ0n) is 11.2. The molecule has 1 heterocycles. The Kier molecular flexibility index (Phi) is 3.54. The van der Waals surface area contributed by atoms with Crippen molar-refractivity contribution in [1.29, 1.82) is 0 Å². The van der Waals surface area contributed by atoms with Crippen LogP contribution in [0.25, 0.3) is 11.3 Å². The fourth-order valence-corrected chi connectivity index (χ4v) is 2.80. The molecule has 0 spiro atoms. The lowest BCUT2D eigenvalue weighted by molar-refractivity contribution is -0.142. The van der Waals surface area contributed by atoms with Gasteiger partial charge in [0.2, 0.25) is 0 Å². The van der Waals surface area contributed by atoms with Gasteiger partial charge in [-0.1, -0.05) is 30.3 Å². The zero-order valence-corrected chi connectivity index (χ0v) is 11.2. The van der Waals surface area contributed by atoms with Gasteiger partial charge in [0.05, 0.1) is 12.1 Å². The molecule has 4 heteroatoms. The molecular formula is C16H17NO3.